The Kier molecular flexibility index (Phi) is 7.22. The zero-order valence-corrected chi connectivity index (χ0v) is 14.2. The molecular formula is C19H23FN2O3. The van der Waals surface area contributed by atoms with Crippen molar-refractivity contribution in [3.8, 4) is 5.75 Å². The van der Waals surface area contributed by atoms with E-state index in [9.17, 15) is 9.18 Å². The van der Waals surface area contributed by atoms with Crippen LogP contribution >= 0.6 is 0 Å². The van der Waals surface area contributed by atoms with Gasteiger partial charge in [0, 0.05) is 24.4 Å². The molecule has 134 valence electrons. The molecule has 25 heavy (non-hydrogen) atoms. The minimum atomic E-state index is -0.347. The lowest BCUT2D eigenvalue weighted by atomic mass is 10.2. The summed E-state index contributed by atoms with van der Waals surface area (Å²) in [6.07, 6.45) is 1.36. The Hall–Kier alpha value is -2.60. The van der Waals surface area contributed by atoms with Crippen molar-refractivity contribution in [3.63, 3.8) is 0 Å². The maximum absolute atomic E-state index is 13.1. The topological polar surface area (TPSA) is 70.6 Å². The third kappa shape index (κ3) is 6.81. The molecule has 2 aromatic rings. The highest BCUT2D eigenvalue weighted by atomic mass is 19.1. The van der Waals surface area contributed by atoms with E-state index in [4.69, 9.17) is 9.84 Å². The molecule has 3 N–H and O–H groups in total. The summed E-state index contributed by atoms with van der Waals surface area (Å²) in [4.78, 5) is 12.0. The number of benzene rings is 2. The molecule has 0 radical (unpaired) electrons. The number of ether oxygens (including phenoxy) is 1. The van der Waals surface area contributed by atoms with Crippen LogP contribution in [0.25, 0.3) is 0 Å². The first-order valence-corrected chi connectivity index (χ1v) is 8.22. The lowest BCUT2D eigenvalue weighted by molar-refractivity contribution is 0.245. The lowest BCUT2D eigenvalue weighted by Gasteiger charge is -2.14. The molecule has 6 heteroatoms. The van der Waals surface area contributed by atoms with E-state index >= 15 is 0 Å². The predicted octanol–water partition coefficient (Wildman–Crippen LogP) is 3.69. The zero-order valence-electron chi connectivity index (χ0n) is 14.2. The van der Waals surface area contributed by atoms with Crippen molar-refractivity contribution in [1.82, 2.24) is 5.32 Å². The van der Waals surface area contributed by atoms with Gasteiger partial charge in [0.1, 0.15) is 18.2 Å². The SMILES string of the molecule is CC(CCCO)NC(=O)Nc1cccc(COc2cccc(F)c2)c1. The van der Waals surface area contributed by atoms with E-state index in [1.165, 1.54) is 12.1 Å². The first kappa shape index (κ1) is 18.7. The third-order valence-corrected chi connectivity index (χ3v) is 3.56. The second-order valence-corrected chi connectivity index (χ2v) is 5.81. The molecule has 0 bridgehead atoms. The van der Waals surface area contributed by atoms with Gasteiger partial charge in [-0.25, -0.2) is 9.18 Å². The molecule has 0 heterocycles. The second-order valence-electron chi connectivity index (χ2n) is 5.81. The van der Waals surface area contributed by atoms with Crippen LogP contribution in [0.1, 0.15) is 25.3 Å². The first-order valence-electron chi connectivity index (χ1n) is 8.22. The fraction of sp³-hybridized carbons (Fsp3) is 0.316. The van der Waals surface area contributed by atoms with Gasteiger partial charge in [0.2, 0.25) is 0 Å². The van der Waals surface area contributed by atoms with Gasteiger partial charge in [-0.1, -0.05) is 18.2 Å². The van der Waals surface area contributed by atoms with Crippen LogP contribution in [0.5, 0.6) is 5.75 Å². The molecule has 2 aromatic carbocycles. The minimum Gasteiger partial charge on any atom is -0.489 e. The number of rotatable bonds is 8. The van der Waals surface area contributed by atoms with Crippen molar-refractivity contribution in [2.24, 2.45) is 0 Å². The molecule has 0 aromatic heterocycles. The van der Waals surface area contributed by atoms with Gasteiger partial charge in [0.05, 0.1) is 0 Å². The molecule has 0 aliphatic carbocycles. The summed E-state index contributed by atoms with van der Waals surface area (Å²) < 4.78 is 18.7. The van der Waals surface area contributed by atoms with Gasteiger partial charge in [-0.3, -0.25) is 0 Å². The van der Waals surface area contributed by atoms with Gasteiger partial charge >= 0.3 is 6.03 Å². The van der Waals surface area contributed by atoms with Crippen LogP contribution in [0.3, 0.4) is 0 Å². The molecule has 1 atom stereocenters. The lowest BCUT2D eigenvalue weighted by Crippen LogP contribution is -2.36. The number of hydrogen-bond donors (Lipinski definition) is 3. The maximum Gasteiger partial charge on any atom is 0.319 e. The van der Waals surface area contributed by atoms with E-state index in [0.717, 1.165) is 5.56 Å². The van der Waals surface area contributed by atoms with Gasteiger partial charge in [0.15, 0.2) is 0 Å². The summed E-state index contributed by atoms with van der Waals surface area (Å²) in [6, 6.07) is 12.9. The molecule has 0 saturated heterocycles. The highest BCUT2D eigenvalue weighted by molar-refractivity contribution is 5.89. The normalized spacial score (nSPS) is 11.6. The molecule has 0 fully saturated rings. The number of halogens is 1. The quantitative estimate of drug-likeness (QED) is 0.683. The molecule has 5 nitrogen and oxygen atoms in total. The zero-order chi connectivity index (χ0) is 18.1. The third-order valence-electron chi connectivity index (χ3n) is 3.56. The molecule has 1 unspecified atom stereocenters. The van der Waals surface area contributed by atoms with Gasteiger partial charge in [0.25, 0.3) is 0 Å². The Morgan fingerprint density at radius 2 is 2.04 bits per heavy atom. The predicted molar refractivity (Wildman–Crippen MR) is 95.1 cm³/mol. The van der Waals surface area contributed by atoms with Crippen LogP contribution in [0.4, 0.5) is 14.9 Å². The van der Waals surface area contributed by atoms with Crippen molar-refractivity contribution < 1.29 is 19.0 Å². The van der Waals surface area contributed by atoms with E-state index < -0.39 is 0 Å². The average Bonchev–Trinajstić information content (AvgIpc) is 2.58. The summed E-state index contributed by atoms with van der Waals surface area (Å²) >= 11 is 0. The molecular weight excluding hydrogens is 323 g/mol. The van der Waals surface area contributed by atoms with Crippen molar-refractivity contribution in [2.45, 2.75) is 32.4 Å². The smallest absolute Gasteiger partial charge is 0.319 e. The van der Waals surface area contributed by atoms with E-state index in [1.807, 2.05) is 19.1 Å². The van der Waals surface area contributed by atoms with Crippen molar-refractivity contribution in [2.75, 3.05) is 11.9 Å². The number of nitrogens with one attached hydrogen (secondary N) is 2. The number of hydrogen-bond acceptors (Lipinski definition) is 3. The Morgan fingerprint density at radius 3 is 2.80 bits per heavy atom. The monoisotopic (exact) mass is 346 g/mol. The van der Waals surface area contributed by atoms with Crippen LogP contribution < -0.4 is 15.4 Å². The van der Waals surface area contributed by atoms with Gasteiger partial charge < -0.3 is 20.5 Å². The first-order chi connectivity index (χ1) is 12.1. The minimum absolute atomic E-state index is 0.0216. The van der Waals surface area contributed by atoms with E-state index in [2.05, 4.69) is 10.6 Å². The van der Waals surface area contributed by atoms with Crippen molar-refractivity contribution in [1.29, 1.82) is 0 Å². The molecule has 2 rings (SSSR count). The highest BCUT2D eigenvalue weighted by Gasteiger charge is 2.07. The number of aliphatic hydroxyl groups is 1. The van der Waals surface area contributed by atoms with Crippen LogP contribution in [0.2, 0.25) is 0 Å². The molecule has 0 spiro atoms. The number of urea groups is 1. The number of aliphatic hydroxyl groups excluding tert-OH is 1. The van der Waals surface area contributed by atoms with Gasteiger partial charge in [-0.05, 0) is 49.6 Å². The maximum atomic E-state index is 13.1. The largest absolute Gasteiger partial charge is 0.489 e. The Bertz CT molecular complexity index is 694. The van der Waals surface area contributed by atoms with Crippen LogP contribution in [0, 0.1) is 5.82 Å². The fourth-order valence-electron chi connectivity index (χ4n) is 2.32. The summed E-state index contributed by atoms with van der Waals surface area (Å²) in [5.74, 6) is 0.105. The van der Waals surface area contributed by atoms with Crippen molar-refractivity contribution in [3.05, 3.63) is 59.9 Å². The van der Waals surface area contributed by atoms with Crippen LogP contribution in [-0.4, -0.2) is 23.8 Å². The van der Waals surface area contributed by atoms with Gasteiger partial charge in [-0.2, -0.15) is 0 Å². The highest BCUT2D eigenvalue weighted by Crippen LogP contribution is 2.16. The Morgan fingerprint density at radius 1 is 1.24 bits per heavy atom. The summed E-state index contributed by atoms with van der Waals surface area (Å²) in [6.45, 7) is 2.27. The molecule has 0 saturated carbocycles. The van der Waals surface area contributed by atoms with Crippen molar-refractivity contribution >= 4 is 11.7 Å². The fourth-order valence-corrected chi connectivity index (χ4v) is 2.32. The molecule has 0 aliphatic heterocycles. The summed E-state index contributed by atoms with van der Waals surface area (Å²) in [5.41, 5.74) is 1.50. The summed E-state index contributed by atoms with van der Waals surface area (Å²) in [5, 5.41) is 14.4. The standard InChI is InChI=1S/C19H23FN2O3/c1-14(5-4-10-23)21-19(24)22-17-8-2-6-15(11-17)13-25-18-9-3-7-16(20)12-18/h2-3,6-9,11-12,14,23H,4-5,10,13H2,1H3,(H2,21,22,24). The second kappa shape index (κ2) is 9.64. The van der Waals surface area contributed by atoms with E-state index in [0.29, 0.717) is 24.3 Å². The Labute approximate surface area is 146 Å². The average molecular weight is 346 g/mol. The number of carbonyl (C=O) groups is 1. The number of amides is 2. The number of anilines is 1. The summed E-state index contributed by atoms with van der Waals surface area (Å²) in [7, 11) is 0. The van der Waals surface area contributed by atoms with E-state index in [1.54, 1.807) is 24.3 Å². The van der Waals surface area contributed by atoms with Crippen LogP contribution in [-0.2, 0) is 6.61 Å². The molecule has 2 amide bonds. The Balaban J connectivity index is 1.86. The number of carbonyl (C=O) groups excluding carboxylic acids is 1. The molecule has 0 aliphatic rings. The van der Waals surface area contributed by atoms with Crippen LogP contribution in [0.15, 0.2) is 48.5 Å². The van der Waals surface area contributed by atoms with Gasteiger partial charge in [-0.15, -0.1) is 0 Å². The van der Waals surface area contributed by atoms with E-state index in [-0.39, 0.29) is 31.1 Å².